The quantitative estimate of drug-likeness (QED) is 0.301. The van der Waals surface area contributed by atoms with Gasteiger partial charge in [0.25, 0.3) is 11.6 Å². The zero-order valence-corrected chi connectivity index (χ0v) is 18.7. The van der Waals surface area contributed by atoms with Crippen LogP contribution < -0.4 is 10.1 Å². The summed E-state index contributed by atoms with van der Waals surface area (Å²) in [6, 6.07) is 7.49. The number of hydrogen-bond acceptors (Lipinski definition) is 7. The van der Waals surface area contributed by atoms with Gasteiger partial charge in [0.05, 0.1) is 27.8 Å². The standard InChI is InChI=1S/C20H18BrN7O4/c1-3-26-11-13(21)19(25-26)16-7-8-22-18-10-15(24-27(16)18)20(29)23-14-6-5-12(32-4-2)9-17(14)28(30)31/h5-11H,3-4H2,1-2H3,(H,23,29). The Morgan fingerprint density at radius 2 is 2.06 bits per heavy atom. The van der Waals surface area contributed by atoms with Gasteiger partial charge in [0, 0.05) is 25.0 Å². The molecule has 0 unspecified atom stereocenters. The van der Waals surface area contributed by atoms with E-state index < -0.39 is 10.8 Å². The van der Waals surface area contributed by atoms with Gasteiger partial charge < -0.3 is 10.1 Å². The van der Waals surface area contributed by atoms with Crippen LogP contribution in [0, 0.1) is 10.1 Å². The Kier molecular flexibility index (Phi) is 5.86. The number of nitrogens with zero attached hydrogens (tertiary/aromatic N) is 6. The normalized spacial score (nSPS) is 11.0. The van der Waals surface area contributed by atoms with E-state index in [1.54, 1.807) is 29.9 Å². The van der Waals surface area contributed by atoms with Crippen LogP contribution in [-0.2, 0) is 6.54 Å². The molecule has 1 aromatic carbocycles. The number of ether oxygens (including phenoxy) is 1. The van der Waals surface area contributed by atoms with Crippen LogP contribution in [-0.4, -0.2) is 41.8 Å². The molecular formula is C20H18BrN7O4. The predicted molar refractivity (Wildman–Crippen MR) is 120 cm³/mol. The van der Waals surface area contributed by atoms with Gasteiger partial charge >= 0.3 is 0 Å². The van der Waals surface area contributed by atoms with Crippen LogP contribution in [0.4, 0.5) is 11.4 Å². The Morgan fingerprint density at radius 1 is 1.25 bits per heavy atom. The first-order valence-corrected chi connectivity index (χ1v) is 10.5. The van der Waals surface area contributed by atoms with Crippen molar-refractivity contribution in [2.24, 2.45) is 0 Å². The fourth-order valence-electron chi connectivity index (χ4n) is 3.13. The maximum absolute atomic E-state index is 12.8. The van der Waals surface area contributed by atoms with Crippen LogP contribution >= 0.6 is 15.9 Å². The molecular weight excluding hydrogens is 482 g/mol. The van der Waals surface area contributed by atoms with Gasteiger partial charge in [-0.15, -0.1) is 0 Å². The van der Waals surface area contributed by atoms with E-state index in [2.05, 4.69) is 36.4 Å². The summed E-state index contributed by atoms with van der Waals surface area (Å²) in [5.41, 5.74) is 1.54. The van der Waals surface area contributed by atoms with Gasteiger partial charge in [-0.25, -0.2) is 9.50 Å². The lowest BCUT2D eigenvalue weighted by Crippen LogP contribution is -2.14. The highest BCUT2D eigenvalue weighted by Crippen LogP contribution is 2.30. The van der Waals surface area contributed by atoms with Crippen LogP contribution in [0.5, 0.6) is 5.75 Å². The Bertz CT molecular complexity index is 1330. The molecule has 0 aliphatic rings. The van der Waals surface area contributed by atoms with Crippen molar-refractivity contribution in [1.82, 2.24) is 24.4 Å². The number of rotatable bonds is 7. The van der Waals surface area contributed by atoms with Crippen LogP contribution in [0.1, 0.15) is 24.3 Å². The monoisotopic (exact) mass is 499 g/mol. The Hall–Kier alpha value is -3.80. The van der Waals surface area contributed by atoms with Crippen molar-refractivity contribution in [1.29, 1.82) is 0 Å². The van der Waals surface area contributed by atoms with Gasteiger partial charge in [-0.2, -0.15) is 10.2 Å². The minimum atomic E-state index is -0.605. The third kappa shape index (κ3) is 4.04. The highest BCUT2D eigenvalue weighted by molar-refractivity contribution is 9.10. The Labute approximate surface area is 190 Å². The summed E-state index contributed by atoms with van der Waals surface area (Å²) >= 11 is 3.50. The first-order chi connectivity index (χ1) is 15.4. The number of aryl methyl sites for hydroxylation is 1. The van der Waals surface area contributed by atoms with E-state index in [1.807, 2.05) is 13.1 Å². The molecule has 3 heterocycles. The molecule has 0 fully saturated rings. The molecule has 4 aromatic rings. The maximum Gasteiger partial charge on any atom is 0.296 e. The van der Waals surface area contributed by atoms with Crippen LogP contribution in [0.2, 0.25) is 0 Å². The molecule has 1 amide bonds. The van der Waals surface area contributed by atoms with Crippen molar-refractivity contribution in [2.45, 2.75) is 20.4 Å². The molecule has 0 atom stereocenters. The molecule has 1 N–H and O–H groups in total. The number of carbonyl (C=O) groups is 1. The van der Waals surface area contributed by atoms with E-state index in [4.69, 9.17) is 4.74 Å². The number of nitro groups is 1. The lowest BCUT2D eigenvalue weighted by atomic mass is 10.2. The minimum absolute atomic E-state index is 0.0399. The highest BCUT2D eigenvalue weighted by Gasteiger charge is 2.21. The number of nitro benzene ring substituents is 1. The summed E-state index contributed by atoms with van der Waals surface area (Å²) in [5, 5.41) is 22.9. The summed E-state index contributed by atoms with van der Waals surface area (Å²) in [7, 11) is 0. The largest absolute Gasteiger partial charge is 0.494 e. The molecule has 32 heavy (non-hydrogen) atoms. The average Bonchev–Trinajstić information content (AvgIpc) is 3.38. The number of hydrogen-bond donors (Lipinski definition) is 1. The van der Waals surface area contributed by atoms with Crippen LogP contribution in [0.15, 0.2) is 47.2 Å². The molecule has 0 saturated heterocycles. The van der Waals surface area contributed by atoms with E-state index in [0.717, 1.165) is 4.47 Å². The number of fused-ring (bicyclic) bond motifs is 1. The zero-order valence-electron chi connectivity index (χ0n) is 17.1. The minimum Gasteiger partial charge on any atom is -0.494 e. The molecule has 0 bridgehead atoms. The van der Waals surface area contributed by atoms with Crippen LogP contribution in [0.3, 0.4) is 0 Å². The summed E-state index contributed by atoms with van der Waals surface area (Å²) in [5.74, 6) is -0.261. The molecule has 0 spiro atoms. The smallest absolute Gasteiger partial charge is 0.296 e. The topological polar surface area (TPSA) is 129 Å². The van der Waals surface area contributed by atoms with Crippen molar-refractivity contribution in [3.8, 4) is 17.1 Å². The zero-order chi connectivity index (χ0) is 22.8. The molecule has 0 aliphatic carbocycles. The molecule has 3 aromatic heterocycles. The molecule has 11 nitrogen and oxygen atoms in total. The molecule has 0 radical (unpaired) electrons. The number of nitrogens with one attached hydrogen (secondary N) is 1. The van der Waals surface area contributed by atoms with E-state index in [-0.39, 0.29) is 17.1 Å². The Balaban J connectivity index is 1.68. The first-order valence-electron chi connectivity index (χ1n) is 9.72. The highest BCUT2D eigenvalue weighted by atomic mass is 79.9. The fourth-order valence-corrected chi connectivity index (χ4v) is 3.65. The third-order valence-electron chi connectivity index (χ3n) is 4.60. The fraction of sp³-hybridized carbons (Fsp3) is 0.200. The lowest BCUT2D eigenvalue weighted by Gasteiger charge is -2.07. The molecule has 0 saturated carbocycles. The van der Waals surface area contributed by atoms with E-state index in [1.165, 1.54) is 22.7 Å². The number of benzene rings is 1. The van der Waals surface area contributed by atoms with E-state index >= 15 is 0 Å². The molecule has 164 valence electrons. The van der Waals surface area contributed by atoms with Gasteiger partial charge in [0.2, 0.25) is 0 Å². The van der Waals surface area contributed by atoms with Gasteiger partial charge in [-0.1, -0.05) is 0 Å². The second-order valence-corrected chi connectivity index (χ2v) is 7.49. The van der Waals surface area contributed by atoms with Crippen LogP contribution in [0.25, 0.3) is 17.0 Å². The van der Waals surface area contributed by atoms with Gasteiger partial charge in [0.1, 0.15) is 17.1 Å². The number of halogens is 1. The summed E-state index contributed by atoms with van der Waals surface area (Å²) in [4.78, 5) is 28.0. The SMILES string of the molecule is CCOc1ccc(NC(=O)c2cc3nccc(-c4nn(CC)cc4Br)n3n2)c([N+](=O)[O-])c1. The van der Waals surface area contributed by atoms with E-state index in [0.29, 0.717) is 35.9 Å². The summed E-state index contributed by atoms with van der Waals surface area (Å²) in [6.07, 6.45) is 3.45. The van der Waals surface area contributed by atoms with Crippen molar-refractivity contribution in [3.05, 3.63) is 63.0 Å². The third-order valence-corrected chi connectivity index (χ3v) is 5.18. The molecule has 12 heteroatoms. The number of aromatic nitrogens is 5. The Morgan fingerprint density at radius 3 is 2.75 bits per heavy atom. The first kappa shape index (κ1) is 21.4. The van der Waals surface area contributed by atoms with Crippen molar-refractivity contribution >= 4 is 38.9 Å². The predicted octanol–water partition coefficient (Wildman–Crippen LogP) is 3.93. The van der Waals surface area contributed by atoms with Crippen molar-refractivity contribution in [3.63, 3.8) is 0 Å². The summed E-state index contributed by atoms with van der Waals surface area (Å²) in [6.45, 7) is 4.81. The second kappa shape index (κ2) is 8.75. The van der Waals surface area contributed by atoms with Gasteiger partial charge in [-0.3, -0.25) is 19.6 Å². The number of amides is 1. The van der Waals surface area contributed by atoms with E-state index in [9.17, 15) is 14.9 Å². The number of anilines is 1. The lowest BCUT2D eigenvalue weighted by molar-refractivity contribution is -0.384. The van der Waals surface area contributed by atoms with Gasteiger partial charge in [-0.05, 0) is 48.0 Å². The van der Waals surface area contributed by atoms with Crippen molar-refractivity contribution < 1.29 is 14.5 Å². The summed E-state index contributed by atoms with van der Waals surface area (Å²) < 4.78 is 9.36. The molecule has 0 aliphatic heterocycles. The maximum atomic E-state index is 12.8. The van der Waals surface area contributed by atoms with Gasteiger partial charge in [0.15, 0.2) is 11.3 Å². The number of carbonyl (C=O) groups excluding carboxylic acids is 1. The average molecular weight is 500 g/mol. The molecule has 4 rings (SSSR count). The van der Waals surface area contributed by atoms with Crippen molar-refractivity contribution in [2.75, 3.05) is 11.9 Å². The second-order valence-electron chi connectivity index (χ2n) is 6.63.